The van der Waals surface area contributed by atoms with Crippen LogP contribution in [0.15, 0.2) is 28.6 Å². The van der Waals surface area contributed by atoms with E-state index in [-0.39, 0.29) is 36.2 Å². The molecule has 168 valence electrons. The van der Waals surface area contributed by atoms with Crippen LogP contribution in [0, 0.1) is 5.92 Å². The number of para-hydroxylation sites is 1. The van der Waals surface area contributed by atoms with Crippen molar-refractivity contribution in [1.82, 2.24) is 15.6 Å². The summed E-state index contributed by atoms with van der Waals surface area (Å²) in [7, 11) is 0. The van der Waals surface area contributed by atoms with Gasteiger partial charge in [0.1, 0.15) is 0 Å². The monoisotopic (exact) mass is 459 g/mol. The third-order valence-electron chi connectivity index (χ3n) is 6.41. The Morgan fingerprint density at radius 1 is 0.968 bits per heavy atom. The summed E-state index contributed by atoms with van der Waals surface area (Å²) >= 11 is 3.25. The number of fused-ring (bicyclic) bond motifs is 1. The SMILES string of the molecule is O=C(CC(CSc1nc2ccccc2s1)C(=O)NC1CCCCC1)NC1CCCCC1. The van der Waals surface area contributed by atoms with Gasteiger partial charge in [-0.05, 0) is 37.8 Å². The van der Waals surface area contributed by atoms with E-state index < -0.39 is 0 Å². The van der Waals surface area contributed by atoms with Crippen LogP contribution < -0.4 is 10.6 Å². The molecular weight excluding hydrogens is 426 g/mol. The predicted octanol–water partition coefficient (Wildman–Crippen LogP) is 5.29. The zero-order valence-electron chi connectivity index (χ0n) is 18.1. The lowest BCUT2D eigenvalue weighted by molar-refractivity contribution is -0.130. The highest BCUT2D eigenvalue weighted by atomic mass is 32.2. The number of benzene rings is 1. The summed E-state index contributed by atoms with van der Waals surface area (Å²) < 4.78 is 2.12. The van der Waals surface area contributed by atoms with Crippen molar-refractivity contribution in [2.24, 2.45) is 5.92 Å². The molecule has 4 rings (SSSR count). The summed E-state index contributed by atoms with van der Waals surface area (Å²) in [5.41, 5.74) is 0.994. The molecule has 0 saturated heterocycles. The lowest BCUT2D eigenvalue weighted by atomic mass is 9.94. The average molecular weight is 460 g/mol. The summed E-state index contributed by atoms with van der Waals surface area (Å²) in [4.78, 5) is 30.5. The fourth-order valence-electron chi connectivity index (χ4n) is 4.64. The van der Waals surface area contributed by atoms with E-state index in [1.807, 2.05) is 18.2 Å². The van der Waals surface area contributed by atoms with Crippen LogP contribution in [0.25, 0.3) is 10.2 Å². The van der Waals surface area contributed by atoms with Gasteiger partial charge >= 0.3 is 0 Å². The van der Waals surface area contributed by atoms with E-state index in [4.69, 9.17) is 0 Å². The fourth-order valence-corrected chi connectivity index (χ4v) is 6.82. The number of thioether (sulfide) groups is 1. The number of rotatable bonds is 8. The van der Waals surface area contributed by atoms with Gasteiger partial charge in [0.25, 0.3) is 0 Å². The second-order valence-corrected chi connectivity index (χ2v) is 11.2. The Morgan fingerprint density at radius 3 is 2.29 bits per heavy atom. The number of hydrogen-bond acceptors (Lipinski definition) is 5. The molecule has 1 atom stereocenters. The minimum Gasteiger partial charge on any atom is -0.353 e. The van der Waals surface area contributed by atoms with Crippen molar-refractivity contribution in [2.45, 2.75) is 87.1 Å². The Labute approximate surface area is 193 Å². The van der Waals surface area contributed by atoms with Gasteiger partial charge in [-0.1, -0.05) is 62.4 Å². The van der Waals surface area contributed by atoms with Gasteiger partial charge in [0.2, 0.25) is 11.8 Å². The first-order chi connectivity index (χ1) is 15.2. The summed E-state index contributed by atoms with van der Waals surface area (Å²) in [6.45, 7) is 0. The number of thiazole rings is 1. The van der Waals surface area contributed by atoms with Gasteiger partial charge in [0.05, 0.1) is 16.1 Å². The van der Waals surface area contributed by atoms with E-state index in [0.717, 1.165) is 40.2 Å². The van der Waals surface area contributed by atoms with Gasteiger partial charge in [-0.25, -0.2) is 4.98 Å². The minimum absolute atomic E-state index is 0.0144. The van der Waals surface area contributed by atoms with Gasteiger partial charge in [-0.15, -0.1) is 11.3 Å². The quantitative estimate of drug-likeness (QED) is 0.526. The van der Waals surface area contributed by atoms with Crippen molar-refractivity contribution in [3.63, 3.8) is 0 Å². The second-order valence-electron chi connectivity index (χ2n) is 8.91. The van der Waals surface area contributed by atoms with Gasteiger partial charge in [-0.2, -0.15) is 0 Å². The Kier molecular flexibility index (Phi) is 8.25. The zero-order valence-corrected chi connectivity index (χ0v) is 19.7. The molecule has 0 bridgehead atoms. The fraction of sp³-hybridized carbons (Fsp3) is 0.625. The molecule has 5 nitrogen and oxygen atoms in total. The summed E-state index contributed by atoms with van der Waals surface area (Å²) in [5, 5.41) is 6.43. The van der Waals surface area contributed by atoms with Gasteiger partial charge < -0.3 is 10.6 Å². The number of carbonyl (C=O) groups is 2. The highest BCUT2D eigenvalue weighted by Gasteiger charge is 2.27. The molecule has 0 spiro atoms. The van der Waals surface area contributed by atoms with Crippen molar-refractivity contribution in [1.29, 1.82) is 0 Å². The highest BCUT2D eigenvalue weighted by Crippen LogP contribution is 2.31. The van der Waals surface area contributed by atoms with Crippen molar-refractivity contribution in [3.05, 3.63) is 24.3 Å². The maximum absolute atomic E-state index is 13.1. The number of aromatic nitrogens is 1. The summed E-state index contributed by atoms with van der Waals surface area (Å²) in [5.74, 6) is 0.290. The molecule has 2 aliphatic rings. The third kappa shape index (κ3) is 6.69. The van der Waals surface area contributed by atoms with E-state index >= 15 is 0 Å². The molecule has 31 heavy (non-hydrogen) atoms. The first-order valence-electron chi connectivity index (χ1n) is 11.8. The molecule has 2 saturated carbocycles. The number of carbonyl (C=O) groups excluding carboxylic acids is 2. The zero-order chi connectivity index (χ0) is 21.5. The van der Waals surface area contributed by atoms with Crippen LogP contribution >= 0.6 is 23.1 Å². The molecular formula is C24H33N3O2S2. The minimum atomic E-state index is -0.331. The molecule has 1 unspecified atom stereocenters. The molecule has 7 heteroatoms. The molecule has 2 aromatic rings. The summed E-state index contributed by atoms with van der Waals surface area (Å²) in [6, 6.07) is 8.64. The van der Waals surface area contributed by atoms with Crippen molar-refractivity contribution in [2.75, 3.05) is 5.75 Å². The van der Waals surface area contributed by atoms with E-state index in [1.54, 1.807) is 23.1 Å². The van der Waals surface area contributed by atoms with Crippen LogP contribution in [0.2, 0.25) is 0 Å². The maximum Gasteiger partial charge on any atom is 0.224 e. The van der Waals surface area contributed by atoms with Crippen molar-refractivity contribution >= 4 is 45.1 Å². The van der Waals surface area contributed by atoms with Crippen molar-refractivity contribution in [3.8, 4) is 0 Å². The van der Waals surface area contributed by atoms with Crippen LogP contribution in [0.3, 0.4) is 0 Å². The number of nitrogens with zero attached hydrogens (tertiary/aromatic N) is 1. The molecule has 0 radical (unpaired) electrons. The first-order valence-corrected chi connectivity index (χ1v) is 13.6. The highest BCUT2D eigenvalue weighted by molar-refractivity contribution is 8.01. The molecule has 1 aromatic heterocycles. The maximum atomic E-state index is 13.1. The number of amides is 2. The second kappa shape index (κ2) is 11.3. The molecule has 1 heterocycles. The molecule has 0 aliphatic heterocycles. The lowest BCUT2D eigenvalue weighted by Crippen LogP contribution is -2.43. The van der Waals surface area contributed by atoms with Crippen LogP contribution in [-0.2, 0) is 9.59 Å². The Hall–Kier alpha value is -1.60. The molecule has 2 fully saturated rings. The Balaban J connectivity index is 1.37. The Bertz CT molecular complexity index is 840. The van der Waals surface area contributed by atoms with Crippen LogP contribution in [0.1, 0.15) is 70.6 Å². The number of hydrogen-bond donors (Lipinski definition) is 2. The molecule has 2 N–H and O–H groups in total. The van der Waals surface area contributed by atoms with E-state index in [1.165, 1.54) is 38.5 Å². The van der Waals surface area contributed by atoms with E-state index in [2.05, 4.69) is 21.7 Å². The smallest absolute Gasteiger partial charge is 0.224 e. The topological polar surface area (TPSA) is 71.1 Å². The standard InChI is InChI=1S/C24H33N3O2S2/c28-22(25-18-9-3-1-4-10-18)15-17(23(29)26-19-11-5-2-6-12-19)16-30-24-27-20-13-7-8-14-21(20)31-24/h7-8,13-14,17-19H,1-6,9-12,15-16H2,(H,25,28)(H,26,29). The predicted molar refractivity (Wildman–Crippen MR) is 128 cm³/mol. The molecule has 1 aromatic carbocycles. The van der Waals surface area contributed by atoms with Gasteiger partial charge in [-0.3, -0.25) is 9.59 Å². The third-order valence-corrected chi connectivity index (χ3v) is 8.75. The number of nitrogens with one attached hydrogen (secondary N) is 2. The van der Waals surface area contributed by atoms with Crippen LogP contribution in [-0.4, -0.2) is 34.6 Å². The average Bonchev–Trinajstić information content (AvgIpc) is 3.21. The van der Waals surface area contributed by atoms with Gasteiger partial charge in [0, 0.05) is 24.3 Å². The van der Waals surface area contributed by atoms with E-state index in [0.29, 0.717) is 5.75 Å². The normalized spacial score (nSPS) is 19.2. The van der Waals surface area contributed by atoms with Crippen LogP contribution in [0.4, 0.5) is 0 Å². The first kappa shape index (κ1) is 22.6. The molecule has 2 aliphatic carbocycles. The largest absolute Gasteiger partial charge is 0.353 e. The van der Waals surface area contributed by atoms with Crippen molar-refractivity contribution < 1.29 is 9.59 Å². The summed E-state index contributed by atoms with van der Waals surface area (Å²) in [6.07, 6.45) is 11.7. The van der Waals surface area contributed by atoms with Gasteiger partial charge in [0.15, 0.2) is 4.34 Å². The van der Waals surface area contributed by atoms with E-state index in [9.17, 15) is 9.59 Å². The Morgan fingerprint density at radius 2 is 1.61 bits per heavy atom. The molecule has 2 amide bonds. The lowest BCUT2D eigenvalue weighted by Gasteiger charge is -2.26. The van der Waals surface area contributed by atoms with Crippen LogP contribution in [0.5, 0.6) is 0 Å².